The fraction of sp³-hybridized carbons (Fsp3) is 0.308. The quantitative estimate of drug-likeness (QED) is 0.848. The van der Waals surface area contributed by atoms with E-state index >= 15 is 0 Å². The molecule has 0 aliphatic heterocycles. The first-order chi connectivity index (χ1) is 9.72. The first-order valence-electron chi connectivity index (χ1n) is 6.29. The van der Waals surface area contributed by atoms with Crippen LogP contribution in [0.25, 0.3) is 10.6 Å². The molecule has 6 nitrogen and oxygen atoms in total. The lowest BCUT2D eigenvalue weighted by Gasteiger charge is -2.02. The van der Waals surface area contributed by atoms with Crippen LogP contribution in [0.1, 0.15) is 13.3 Å². The van der Waals surface area contributed by atoms with E-state index in [2.05, 4.69) is 15.5 Å². The maximum Gasteiger partial charge on any atom is 0.227 e. The predicted octanol–water partition coefficient (Wildman–Crippen LogP) is 1.89. The Hall–Kier alpha value is -1.99. The number of carbonyl (C=O) groups is 1. The van der Waals surface area contributed by atoms with Gasteiger partial charge >= 0.3 is 0 Å². The van der Waals surface area contributed by atoms with Gasteiger partial charge in [0.15, 0.2) is 0 Å². The van der Waals surface area contributed by atoms with Gasteiger partial charge in [-0.3, -0.25) is 4.79 Å². The van der Waals surface area contributed by atoms with Crippen molar-refractivity contribution in [2.24, 2.45) is 5.73 Å². The smallest absolute Gasteiger partial charge is 0.227 e. The summed E-state index contributed by atoms with van der Waals surface area (Å²) in [7, 11) is 0. The number of carbonyl (C=O) groups excluding carboxylic acids is 1. The highest BCUT2D eigenvalue weighted by Gasteiger charge is 2.09. The number of hydrogen-bond donors (Lipinski definition) is 2. The highest BCUT2D eigenvalue weighted by Crippen LogP contribution is 2.27. The Morgan fingerprint density at radius 2 is 2.10 bits per heavy atom. The fourth-order valence-corrected chi connectivity index (χ4v) is 2.33. The van der Waals surface area contributed by atoms with E-state index in [1.807, 2.05) is 31.2 Å². The zero-order chi connectivity index (χ0) is 14.4. The SMILES string of the molecule is CCOc1ccc(-c2nnc(NC(=O)CCN)s2)cc1. The normalized spacial score (nSPS) is 10.3. The zero-order valence-electron chi connectivity index (χ0n) is 11.1. The van der Waals surface area contributed by atoms with Crippen LogP contribution in [0, 0.1) is 0 Å². The molecule has 0 spiro atoms. The second-order valence-corrected chi connectivity index (χ2v) is 4.93. The van der Waals surface area contributed by atoms with Gasteiger partial charge in [-0.2, -0.15) is 0 Å². The molecule has 1 aromatic carbocycles. The fourth-order valence-electron chi connectivity index (χ4n) is 1.56. The number of nitrogens with two attached hydrogens (primary N) is 1. The van der Waals surface area contributed by atoms with E-state index in [1.165, 1.54) is 11.3 Å². The van der Waals surface area contributed by atoms with Gasteiger partial charge in [0, 0.05) is 18.5 Å². The molecular formula is C13H16N4O2S. The molecule has 0 bridgehead atoms. The number of nitrogens with zero attached hydrogens (tertiary/aromatic N) is 2. The predicted molar refractivity (Wildman–Crippen MR) is 78.8 cm³/mol. The molecule has 0 saturated heterocycles. The molecule has 20 heavy (non-hydrogen) atoms. The number of rotatable bonds is 6. The summed E-state index contributed by atoms with van der Waals surface area (Å²) in [4.78, 5) is 11.4. The molecule has 0 radical (unpaired) electrons. The Labute approximate surface area is 121 Å². The van der Waals surface area contributed by atoms with Crippen LogP contribution in [0.2, 0.25) is 0 Å². The molecule has 2 rings (SSSR count). The Morgan fingerprint density at radius 3 is 2.75 bits per heavy atom. The molecule has 1 amide bonds. The molecule has 0 saturated carbocycles. The summed E-state index contributed by atoms with van der Waals surface area (Å²) in [6.07, 6.45) is 0.276. The molecule has 1 aromatic heterocycles. The topological polar surface area (TPSA) is 90.1 Å². The Morgan fingerprint density at radius 1 is 1.35 bits per heavy atom. The van der Waals surface area contributed by atoms with E-state index in [0.29, 0.717) is 18.3 Å². The van der Waals surface area contributed by atoms with E-state index < -0.39 is 0 Å². The number of hydrogen-bond acceptors (Lipinski definition) is 6. The monoisotopic (exact) mass is 292 g/mol. The van der Waals surface area contributed by atoms with Crippen molar-refractivity contribution < 1.29 is 9.53 Å². The van der Waals surface area contributed by atoms with Crippen LogP contribution in [-0.4, -0.2) is 29.3 Å². The minimum absolute atomic E-state index is 0.151. The van der Waals surface area contributed by atoms with Crippen molar-refractivity contribution in [2.45, 2.75) is 13.3 Å². The van der Waals surface area contributed by atoms with Crippen molar-refractivity contribution >= 4 is 22.4 Å². The highest BCUT2D eigenvalue weighted by atomic mass is 32.1. The second-order valence-electron chi connectivity index (χ2n) is 3.96. The molecule has 7 heteroatoms. The molecule has 0 atom stereocenters. The number of benzene rings is 1. The van der Waals surface area contributed by atoms with Crippen molar-refractivity contribution in [3.63, 3.8) is 0 Å². The second kappa shape index (κ2) is 6.97. The standard InChI is InChI=1S/C13H16N4O2S/c1-2-19-10-5-3-9(4-6-10)12-16-17-13(20-12)15-11(18)7-8-14/h3-6H,2,7-8,14H2,1H3,(H,15,17,18). The lowest BCUT2D eigenvalue weighted by Crippen LogP contribution is -2.15. The van der Waals surface area contributed by atoms with Crippen molar-refractivity contribution in [1.82, 2.24) is 10.2 Å². The molecule has 1 heterocycles. The van der Waals surface area contributed by atoms with Gasteiger partial charge < -0.3 is 15.8 Å². The molecule has 0 aliphatic rings. The van der Waals surface area contributed by atoms with Crippen LogP contribution in [0.3, 0.4) is 0 Å². The molecule has 0 fully saturated rings. The lowest BCUT2D eigenvalue weighted by atomic mass is 10.2. The molecule has 3 N–H and O–H groups in total. The number of nitrogens with one attached hydrogen (secondary N) is 1. The molecule has 0 unspecified atom stereocenters. The van der Waals surface area contributed by atoms with Gasteiger partial charge in [0.05, 0.1) is 6.61 Å². The first-order valence-corrected chi connectivity index (χ1v) is 7.11. The minimum Gasteiger partial charge on any atom is -0.494 e. The van der Waals surface area contributed by atoms with Crippen molar-refractivity contribution in [2.75, 3.05) is 18.5 Å². The first kappa shape index (κ1) is 14.4. The minimum atomic E-state index is -0.151. The summed E-state index contributed by atoms with van der Waals surface area (Å²) in [6.45, 7) is 2.89. The van der Waals surface area contributed by atoms with Gasteiger partial charge in [-0.15, -0.1) is 10.2 Å². The van der Waals surface area contributed by atoms with E-state index in [9.17, 15) is 4.79 Å². The van der Waals surface area contributed by atoms with E-state index in [4.69, 9.17) is 10.5 Å². The van der Waals surface area contributed by atoms with Gasteiger partial charge in [0.25, 0.3) is 0 Å². The highest BCUT2D eigenvalue weighted by molar-refractivity contribution is 7.18. The Bertz CT molecular complexity index is 568. The summed E-state index contributed by atoms with van der Waals surface area (Å²) < 4.78 is 5.38. The van der Waals surface area contributed by atoms with Crippen molar-refractivity contribution in [1.29, 1.82) is 0 Å². The third kappa shape index (κ3) is 3.75. The van der Waals surface area contributed by atoms with Gasteiger partial charge in [0.2, 0.25) is 11.0 Å². The molecule has 106 valence electrons. The maximum atomic E-state index is 11.4. The molecular weight excluding hydrogens is 276 g/mol. The van der Waals surface area contributed by atoms with Crippen LogP contribution in [0.4, 0.5) is 5.13 Å². The molecule has 2 aromatic rings. The van der Waals surface area contributed by atoms with E-state index in [-0.39, 0.29) is 12.3 Å². The summed E-state index contributed by atoms with van der Waals surface area (Å²) in [5.41, 5.74) is 6.25. The Balaban J connectivity index is 2.06. The van der Waals surface area contributed by atoms with Crippen LogP contribution in [-0.2, 0) is 4.79 Å². The third-order valence-corrected chi connectivity index (χ3v) is 3.34. The average Bonchev–Trinajstić information content (AvgIpc) is 2.88. The number of amides is 1. The summed E-state index contributed by atoms with van der Waals surface area (Å²) >= 11 is 1.32. The van der Waals surface area contributed by atoms with Crippen LogP contribution in [0.5, 0.6) is 5.75 Å². The number of aromatic nitrogens is 2. The Kier molecular flexibility index (Phi) is 5.03. The van der Waals surface area contributed by atoms with Crippen molar-refractivity contribution in [3.05, 3.63) is 24.3 Å². The van der Waals surface area contributed by atoms with E-state index in [0.717, 1.165) is 16.3 Å². The van der Waals surface area contributed by atoms with E-state index in [1.54, 1.807) is 0 Å². The summed E-state index contributed by atoms with van der Waals surface area (Å²) in [5, 5.41) is 11.9. The summed E-state index contributed by atoms with van der Waals surface area (Å²) in [6, 6.07) is 7.59. The number of anilines is 1. The van der Waals surface area contributed by atoms with Crippen LogP contribution >= 0.6 is 11.3 Å². The maximum absolute atomic E-state index is 11.4. The third-order valence-electron chi connectivity index (χ3n) is 2.46. The average molecular weight is 292 g/mol. The van der Waals surface area contributed by atoms with Crippen LogP contribution in [0.15, 0.2) is 24.3 Å². The van der Waals surface area contributed by atoms with Gasteiger partial charge in [-0.05, 0) is 31.2 Å². The van der Waals surface area contributed by atoms with Gasteiger partial charge in [-0.25, -0.2) is 0 Å². The molecule has 0 aliphatic carbocycles. The van der Waals surface area contributed by atoms with Crippen molar-refractivity contribution in [3.8, 4) is 16.3 Å². The lowest BCUT2D eigenvalue weighted by molar-refractivity contribution is -0.116. The van der Waals surface area contributed by atoms with Gasteiger partial charge in [0.1, 0.15) is 10.8 Å². The number of ether oxygens (including phenoxy) is 1. The largest absolute Gasteiger partial charge is 0.494 e. The zero-order valence-corrected chi connectivity index (χ0v) is 11.9. The summed E-state index contributed by atoms with van der Waals surface area (Å²) in [5.74, 6) is 0.666. The van der Waals surface area contributed by atoms with Crippen LogP contribution < -0.4 is 15.8 Å². The van der Waals surface area contributed by atoms with Gasteiger partial charge in [-0.1, -0.05) is 11.3 Å².